The number of carbonyl (C=O) groups is 2. The van der Waals surface area contributed by atoms with Gasteiger partial charge in [0.25, 0.3) is 11.8 Å². The average molecular weight is 555 g/mol. The lowest BCUT2D eigenvalue weighted by Gasteiger charge is -2.24. The normalized spacial score (nSPS) is 13.1. The standard InChI is InChI=1S/C27H22ClF3N6O2/c1-32-26(39)22-21(15-8-3-2-4-9-15)16-10-5-6-12-18(16)34-23(22)35-25(38)19-14-20(27(29,30)31)36-37(19)24-17(28)11-7-13-33-24/h2-4,7-9,11,13-14H,5-6,10,12H2,1H3,(H,32,39)(H,34,35,38). The molecule has 0 fully saturated rings. The summed E-state index contributed by atoms with van der Waals surface area (Å²) < 4.78 is 41.6. The summed E-state index contributed by atoms with van der Waals surface area (Å²) in [4.78, 5) is 35.4. The molecule has 0 radical (unpaired) electrons. The van der Waals surface area contributed by atoms with Crippen LogP contribution in [0.4, 0.5) is 19.0 Å². The van der Waals surface area contributed by atoms with E-state index in [1.807, 2.05) is 30.3 Å². The van der Waals surface area contributed by atoms with Gasteiger partial charge in [0.05, 0.1) is 10.6 Å². The number of aryl methyl sites for hydroxylation is 1. The van der Waals surface area contributed by atoms with Crippen LogP contribution in [0, 0.1) is 0 Å². The van der Waals surface area contributed by atoms with E-state index in [0.29, 0.717) is 24.5 Å². The van der Waals surface area contributed by atoms with Gasteiger partial charge in [-0.3, -0.25) is 9.59 Å². The number of rotatable bonds is 5. The number of pyridine rings is 2. The molecule has 0 bridgehead atoms. The highest BCUT2D eigenvalue weighted by Gasteiger charge is 2.37. The summed E-state index contributed by atoms with van der Waals surface area (Å²) in [5.41, 5.74) is 1.37. The molecule has 8 nitrogen and oxygen atoms in total. The molecule has 3 aromatic heterocycles. The molecule has 0 aliphatic heterocycles. The molecule has 39 heavy (non-hydrogen) atoms. The molecule has 200 valence electrons. The van der Waals surface area contributed by atoms with Crippen molar-refractivity contribution in [2.24, 2.45) is 0 Å². The van der Waals surface area contributed by atoms with E-state index in [1.54, 1.807) is 0 Å². The van der Waals surface area contributed by atoms with Crippen molar-refractivity contribution in [2.75, 3.05) is 12.4 Å². The first-order chi connectivity index (χ1) is 18.7. The Balaban J connectivity index is 1.68. The van der Waals surface area contributed by atoms with Crippen molar-refractivity contribution in [3.63, 3.8) is 0 Å². The minimum absolute atomic E-state index is 0.00676. The maximum atomic E-state index is 13.6. The van der Waals surface area contributed by atoms with Gasteiger partial charge in [0.15, 0.2) is 11.5 Å². The Morgan fingerprint density at radius 1 is 1.03 bits per heavy atom. The number of amides is 2. The van der Waals surface area contributed by atoms with Gasteiger partial charge in [-0.05, 0) is 48.9 Å². The molecule has 0 unspecified atom stereocenters. The summed E-state index contributed by atoms with van der Waals surface area (Å²) in [6, 6.07) is 12.8. The number of aromatic nitrogens is 4. The maximum Gasteiger partial charge on any atom is 0.435 e. The molecule has 0 saturated carbocycles. The van der Waals surface area contributed by atoms with Crippen molar-refractivity contribution >= 4 is 29.2 Å². The van der Waals surface area contributed by atoms with Crippen LogP contribution in [0.2, 0.25) is 5.02 Å². The second-order valence-electron chi connectivity index (χ2n) is 8.88. The molecule has 2 N–H and O–H groups in total. The van der Waals surface area contributed by atoms with Crippen molar-refractivity contribution < 1.29 is 22.8 Å². The van der Waals surface area contributed by atoms with Crippen molar-refractivity contribution in [3.8, 4) is 16.9 Å². The summed E-state index contributed by atoms with van der Waals surface area (Å²) in [7, 11) is 1.45. The lowest BCUT2D eigenvalue weighted by molar-refractivity contribution is -0.141. The fraction of sp³-hybridized carbons (Fsp3) is 0.222. The Kier molecular flexibility index (Phi) is 7.09. The highest BCUT2D eigenvalue weighted by Crippen LogP contribution is 2.37. The van der Waals surface area contributed by atoms with Gasteiger partial charge in [-0.15, -0.1) is 0 Å². The van der Waals surface area contributed by atoms with E-state index in [-0.39, 0.29) is 22.2 Å². The van der Waals surface area contributed by atoms with Crippen molar-refractivity contribution in [2.45, 2.75) is 31.9 Å². The Morgan fingerprint density at radius 3 is 2.46 bits per heavy atom. The van der Waals surface area contributed by atoms with E-state index in [2.05, 4.69) is 25.7 Å². The fourth-order valence-corrected chi connectivity index (χ4v) is 4.85. The highest BCUT2D eigenvalue weighted by molar-refractivity contribution is 6.32. The van der Waals surface area contributed by atoms with Crippen molar-refractivity contribution in [1.29, 1.82) is 0 Å². The zero-order valence-corrected chi connectivity index (χ0v) is 21.4. The number of alkyl halides is 3. The van der Waals surface area contributed by atoms with Crippen molar-refractivity contribution in [3.05, 3.63) is 88.0 Å². The van der Waals surface area contributed by atoms with Gasteiger partial charge in [-0.1, -0.05) is 41.9 Å². The molecule has 12 heteroatoms. The smallest absolute Gasteiger partial charge is 0.355 e. The summed E-state index contributed by atoms with van der Waals surface area (Å²) in [6.45, 7) is 0. The molecular formula is C27H22ClF3N6O2. The molecule has 4 aromatic rings. The second kappa shape index (κ2) is 10.5. The Labute approximate surface area is 226 Å². The first kappa shape index (κ1) is 26.4. The third kappa shape index (κ3) is 5.09. The minimum atomic E-state index is -4.83. The topological polar surface area (TPSA) is 102 Å². The monoisotopic (exact) mass is 554 g/mol. The first-order valence-electron chi connectivity index (χ1n) is 12.1. The molecule has 1 aromatic carbocycles. The van der Waals surface area contributed by atoms with Crippen LogP contribution in [-0.2, 0) is 19.0 Å². The molecule has 1 aliphatic carbocycles. The van der Waals surface area contributed by atoms with Gasteiger partial charge in [0.2, 0.25) is 0 Å². The van der Waals surface area contributed by atoms with E-state index in [1.165, 1.54) is 25.4 Å². The van der Waals surface area contributed by atoms with Crippen LogP contribution in [0.3, 0.4) is 0 Å². The Bertz CT molecular complexity index is 1570. The maximum absolute atomic E-state index is 13.6. The summed E-state index contributed by atoms with van der Waals surface area (Å²) in [5, 5.41) is 8.74. The quantitative estimate of drug-likeness (QED) is 0.339. The lowest BCUT2D eigenvalue weighted by atomic mass is 9.86. The third-order valence-corrected chi connectivity index (χ3v) is 6.69. The van der Waals surface area contributed by atoms with Gasteiger partial charge >= 0.3 is 6.18 Å². The van der Waals surface area contributed by atoms with E-state index in [4.69, 9.17) is 11.6 Å². The summed E-state index contributed by atoms with van der Waals surface area (Å²) in [6.07, 6.45) is -0.396. The van der Waals surface area contributed by atoms with E-state index < -0.39 is 29.4 Å². The number of hydrogen-bond acceptors (Lipinski definition) is 5. The van der Waals surface area contributed by atoms with Gasteiger partial charge in [-0.25, -0.2) is 14.6 Å². The Hall–Kier alpha value is -4.25. The molecule has 0 saturated heterocycles. The minimum Gasteiger partial charge on any atom is -0.355 e. The largest absolute Gasteiger partial charge is 0.435 e. The van der Waals surface area contributed by atoms with Crippen LogP contribution in [-0.4, -0.2) is 38.6 Å². The first-order valence-corrected chi connectivity index (χ1v) is 12.5. The third-order valence-electron chi connectivity index (χ3n) is 6.39. The number of nitrogens with one attached hydrogen (secondary N) is 2. The van der Waals surface area contributed by atoms with Crippen molar-refractivity contribution in [1.82, 2.24) is 25.1 Å². The molecular weight excluding hydrogens is 533 g/mol. The number of nitrogens with zero attached hydrogens (tertiary/aromatic N) is 4. The molecule has 0 atom stereocenters. The second-order valence-corrected chi connectivity index (χ2v) is 9.28. The Morgan fingerprint density at radius 2 is 1.77 bits per heavy atom. The van der Waals surface area contributed by atoms with E-state index >= 15 is 0 Å². The number of anilines is 1. The zero-order valence-electron chi connectivity index (χ0n) is 20.6. The molecule has 3 heterocycles. The summed E-state index contributed by atoms with van der Waals surface area (Å²) in [5.74, 6) is -1.68. The fourth-order valence-electron chi connectivity index (χ4n) is 4.65. The molecule has 5 rings (SSSR count). The number of fused-ring (bicyclic) bond motifs is 1. The van der Waals surface area contributed by atoms with Crippen LogP contribution in [0.5, 0.6) is 0 Å². The lowest BCUT2D eigenvalue weighted by Crippen LogP contribution is -2.26. The van der Waals surface area contributed by atoms with Crippen LogP contribution in [0.1, 0.15) is 50.6 Å². The van der Waals surface area contributed by atoms with Crippen LogP contribution in [0.25, 0.3) is 16.9 Å². The summed E-state index contributed by atoms with van der Waals surface area (Å²) >= 11 is 6.17. The van der Waals surface area contributed by atoms with Gasteiger partial charge in [-0.2, -0.15) is 18.3 Å². The van der Waals surface area contributed by atoms with Gasteiger partial charge in [0, 0.05) is 30.6 Å². The van der Waals surface area contributed by atoms with Gasteiger partial charge in [0.1, 0.15) is 11.5 Å². The number of hydrogen-bond donors (Lipinski definition) is 2. The molecule has 2 amide bonds. The number of carbonyl (C=O) groups excluding carboxylic acids is 2. The zero-order chi connectivity index (χ0) is 27.7. The molecule has 0 spiro atoms. The van der Waals surface area contributed by atoms with E-state index in [0.717, 1.165) is 34.3 Å². The number of benzene rings is 1. The van der Waals surface area contributed by atoms with Gasteiger partial charge < -0.3 is 10.6 Å². The van der Waals surface area contributed by atoms with Crippen LogP contribution in [0.15, 0.2) is 54.7 Å². The predicted octanol–water partition coefficient (Wildman–Crippen LogP) is 5.49. The van der Waals surface area contributed by atoms with Crippen LogP contribution < -0.4 is 10.6 Å². The predicted molar refractivity (Wildman–Crippen MR) is 139 cm³/mol. The van der Waals surface area contributed by atoms with E-state index in [9.17, 15) is 22.8 Å². The highest BCUT2D eigenvalue weighted by atomic mass is 35.5. The SMILES string of the molecule is CNC(=O)c1c(NC(=O)c2cc(C(F)(F)F)nn2-c2ncccc2Cl)nc2c(c1-c1ccccc1)CCCC2. The molecule has 1 aliphatic rings. The van der Waals surface area contributed by atoms with Crippen LogP contribution >= 0.6 is 11.6 Å². The average Bonchev–Trinajstić information content (AvgIpc) is 3.39. The number of halogens is 4.